The summed E-state index contributed by atoms with van der Waals surface area (Å²) in [6.45, 7) is 0.516. The summed E-state index contributed by atoms with van der Waals surface area (Å²) >= 11 is 6.15. The molecule has 1 saturated heterocycles. The Balaban J connectivity index is 1.32. The lowest BCUT2D eigenvalue weighted by atomic mass is 9.98. The van der Waals surface area contributed by atoms with Crippen molar-refractivity contribution < 1.29 is 19.1 Å². The van der Waals surface area contributed by atoms with Crippen molar-refractivity contribution in [1.29, 1.82) is 0 Å². The van der Waals surface area contributed by atoms with Gasteiger partial charge in [-0.15, -0.1) is 0 Å². The summed E-state index contributed by atoms with van der Waals surface area (Å²) in [4.78, 5) is 55.1. The number of halogens is 1. The van der Waals surface area contributed by atoms with Crippen molar-refractivity contribution in [3.63, 3.8) is 0 Å². The molecule has 0 bridgehead atoms. The molecule has 0 saturated carbocycles. The van der Waals surface area contributed by atoms with E-state index in [9.17, 15) is 19.2 Å². The maximum Gasteiger partial charge on any atom is 0.409 e. The van der Waals surface area contributed by atoms with E-state index in [1.54, 1.807) is 67.0 Å². The summed E-state index contributed by atoms with van der Waals surface area (Å²) in [5, 5.41) is 7.33. The number of carbonyl (C=O) groups is 3. The second-order valence-electron chi connectivity index (χ2n) is 9.22. The van der Waals surface area contributed by atoms with Gasteiger partial charge in [-0.2, -0.15) is 0 Å². The molecule has 10 nitrogen and oxygen atoms in total. The third-order valence-electron chi connectivity index (χ3n) is 6.80. The van der Waals surface area contributed by atoms with Gasteiger partial charge in [0, 0.05) is 59.3 Å². The molecule has 2 atom stereocenters. The van der Waals surface area contributed by atoms with Gasteiger partial charge in [0.25, 0.3) is 17.4 Å². The summed E-state index contributed by atoms with van der Waals surface area (Å²) in [6, 6.07) is 15.7. The van der Waals surface area contributed by atoms with Crippen LogP contribution in [0.1, 0.15) is 27.1 Å². The molecule has 0 radical (unpaired) electrons. The molecule has 11 heteroatoms. The van der Waals surface area contributed by atoms with Crippen molar-refractivity contribution in [2.75, 3.05) is 20.2 Å². The minimum Gasteiger partial charge on any atom is -0.453 e. The first-order chi connectivity index (χ1) is 18.8. The number of methoxy groups -OCH3 is 1. The predicted molar refractivity (Wildman–Crippen MR) is 146 cm³/mol. The molecule has 200 valence electrons. The van der Waals surface area contributed by atoms with E-state index in [0.29, 0.717) is 34.8 Å². The molecule has 0 aliphatic carbocycles. The molecule has 4 aromatic rings. The van der Waals surface area contributed by atoms with Crippen LogP contribution in [0.2, 0.25) is 5.02 Å². The zero-order valence-electron chi connectivity index (χ0n) is 21.0. The van der Waals surface area contributed by atoms with E-state index in [1.165, 1.54) is 22.6 Å². The zero-order chi connectivity index (χ0) is 27.5. The SMILES string of the molecule is COC(=O)N1CC[C@H](NC(=O)c2ccc(-n3ccccc3=O)cc2)[C@H](NC(=O)c2ccc3c(Cl)c[nH]c3c2)C1. The normalized spacial score (nSPS) is 17.0. The average molecular weight is 548 g/mol. The number of hydrogen-bond donors (Lipinski definition) is 3. The van der Waals surface area contributed by atoms with E-state index in [2.05, 4.69) is 15.6 Å². The van der Waals surface area contributed by atoms with Gasteiger partial charge in [-0.05, 0) is 48.9 Å². The molecule has 5 rings (SSSR count). The van der Waals surface area contributed by atoms with E-state index in [0.717, 1.165) is 10.9 Å². The Labute approximate surface area is 228 Å². The maximum absolute atomic E-state index is 13.2. The van der Waals surface area contributed by atoms with Crippen molar-refractivity contribution in [1.82, 2.24) is 25.1 Å². The van der Waals surface area contributed by atoms with Gasteiger partial charge in [0.05, 0.1) is 24.2 Å². The fourth-order valence-corrected chi connectivity index (χ4v) is 4.93. The summed E-state index contributed by atoms with van der Waals surface area (Å²) in [6.07, 6.45) is 3.21. The van der Waals surface area contributed by atoms with Crippen LogP contribution in [-0.2, 0) is 4.74 Å². The first-order valence-electron chi connectivity index (χ1n) is 12.3. The minimum atomic E-state index is -0.570. The lowest BCUT2D eigenvalue weighted by molar-refractivity contribution is 0.0764. The number of fused-ring (bicyclic) bond motifs is 1. The summed E-state index contributed by atoms with van der Waals surface area (Å²) in [5.41, 5.74) is 1.99. The van der Waals surface area contributed by atoms with Crippen LogP contribution < -0.4 is 16.2 Å². The Hall–Kier alpha value is -4.57. The van der Waals surface area contributed by atoms with Crippen LogP contribution in [0.5, 0.6) is 0 Å². The maximum atomic E-state index is 13.2. The van der Waals surface area contributed by atoms with Crippen molar-refractivity contribution in [2.24, 2.45) is 0 Å². The number of pyridine rings is 1. The highest BCUT2D eigenvalue weighted by molar-refractivity contribution is 6.35. The third-order valence-corrected chi connectivity index (χ3v) is 7.11. The van der Waals surface area contributed by atoms with Crippen LogP contribution in [-0.4, -0.2) is 64.6 Å². The first-order valence-corrected chi connectivity index (χ1v) is 12.7. The lowest BCUT2D eigenvalue weighted by Crippen LogP contribution is -2.61. The highest BCUT2D eigenvalue weighted by atomic mass is 35.5. The van der Waals surface area contributed by atoms with Crippen LogP contribution >= 0.6 is 11.6 Å². The largest absolute Gasteiger partial charge is 0.453 e. The Morgan fingerprint density at radius 3 is 2.44 bits per heavy atom. The van der Waals surface area contributed by atoms with Gasteiger partial charge >= 0.3 is 6.09 Å². The second kappa shape index (κ2) is 11.0. The van der Waals surface area contributed by atoms with Crippen LogP contribution in [0.15, 0.2) is 77.9 Å². The van der Waals surface area contributed by atoms with Gasteiger partial charge in [0.1, 0.15) is 0 Å². The molecule has 3 heterocycles. The summed E-state index contributed by atoms with van der Waals surface area (Å²) in [7, 11) is 1.30. The average Bonchev–Trinajstić information content (AvgIpc) is 3.33. The van der Waals surface area contributed by atoms with E-state index in [1.807, 2.05) is 0 Å². The van der Waals surface area contributed by atoms with E-state index in [-0.39, 0.29) is 23.9 Å². The number of H-pyrrole nitrogens is 1. The number of ether oxygens (including phenoxy) is 1. The van der Waals surface area contributed by atoms with Crippen molar-refractivity contribution in [2.45, 2.75) is 18.5 Å². The molecule has 39 heavy (non-hydrogen) atoms. The molecule has 0 unspecified atom stereocenters. The smallest absolute Gasteiger partial charge is 0.409 e. The molecule has 2 aromatic heterocycles. The van der Waals surface area contributed by atoms with Gasteiger partial charge in [-0.25, -0.2) is 4.79 Å². The molecule has 1 aliphatic heterocycles. The summed E-state index contributed by atoms with van der Waals surface area (Å²) in [5.74, 6) is -0.684. The standard InChI is InChI=1S/C28H26ClN5O5/c1-39-28(38)33-13-11-22(24(16-33)32-27(37)18-7-10-20-21(29)15-30-23(20)14-18)31-26(36)17-5-8-19(9-6-17)34-12-3-2-4-25(34)35/h2-10,12,14-15,22,24,30H,11,13,16H2,1H3,(H,31,36)(H,32,37)/t22-,24+/m0/s1. The number of piperidine rings is 1. The first kappa shape index (κ1) is 26.1. The van der Waals surface area contributed by atoms with E-state index in [4.69, 9.17) is 16.3 Å². The number of hydrogen-bond acceptors (Lipinski definition) is 5. The molecule has 3 N–H and O–H groups in total. The molecule has 2 aromatic carbocycles. The number of nitrogens with zero attached hydrogens (tertiary/aromatic N) is 2. The number of aromatic amines is 1. The number of likely N-dealkylation sites (tertiary alicyclic amines) is 1. The number of aromatic nitrogens is 2. The van der Waals surface area contributed by atoms with Crippen LogP contribution in [0, 0.1) is 0 Å². The molecule has 1 fully saturated rings. The predicted octanol–water partition coefficient (Wildman–Crippen LogP) is 3.34. The number of nitrogens with one attached hydrogen (secondary N) is 3. The molecular weight excluding hydrogens is 522 g/mol. The van der Waals surface area contributed by atoms with E-state index < -0.39 is 18.2 Å². The van der Waals surface area contributed by atoms with Gasteiger partial charge in [0.15, 0.2) is 0 Å². The van der Waals surface area contributed by atoms with Gasteiger partial charge < -0.3 is 25.3 Å². The molecular formula is C28H26ClN5O5. The van der Waals surface area contributed by atoms with Gasteiger partial charge in [-0.3, -0.25) is 19.0 Å². The summed E-state index contributed by atoms with van der Waals surface area (Å²) < 4.78 is 6.35. The van der Waals surface area contributed by atoms with Gasteiger partial charge in [0.2, 0.25) is 0 Å². The molecule has 3 amide bonds. The third kappa shape index (κ3) is 5.51. The molecule has 0 spiro atoms. The molecule has 1 aliphatic rings. The monoisotopic (exact) mass is 547 g/mol. The highest BCUT2D eigenvalue weighted by Crippen LogP contribution is 2.24. The van der Waals surface area contributed by atoms with Crippen LogP contribution in [0.3, 0.4) is 0 Å². The van der Waals surface area contributed by atoms with Crippen molar-refractivity contribution in [3.8, 4) is 5.69 Å². The topological polar surface area (TPSA) is 126 Å². The van der Waals surface area contributed by atoms with Crippen LogP contribution in [0.4, 0.5) is 4.79 Å². The van der Waals surface area contributed by atoms with Gasteiger partial charge in [-0.1, -0.05) is 23.7 Å². The number of rotatable bonds is 5. The number of amides is 3. The van der Waals surface area contributed by atoms with Crippen molar-refractivity contribution >= 4 is 40.4 Å². The Kier molecular flexibility index (Phi) is 7.38. The second-order valence-corrected chi connectivity index (χ2v) is 9.62. The fourth-order valence-electron chi connectivity index (χ4n) is 4.72. The minimum absolute atomic E-state index is 0.162. The van der Waals surface area contributed by atoms with Crippen LogP contribution in [0.25, 0.3) is 16.6 Å². The Bertz CT molecular complexity index is 1600. The van der Waals surface area contributed by atoms with Crippen molar-refractivity contribution in [3.05, 3.63) is 99.6 Å². The quantitative estimate of drug-likeness (QED) is 0.353. The lowest BCUT2D eigenvalue weighted by Gasteiger charge is -2.38. The Morgan fingerprint density at radius 2 is 1.69 bits per heavy atom. The fraction of sp³-hybridized carbons (Fsp3) is 0.214. The van der Waals surface area contributed by atoms with E-state index >= 15 is 0 Å². The Morgan fingerprint density at radius 1 is 0.974 bits per heavy atom. The number of carbonyl (C=O) groups excluding carboxylic acids is 3. The highest BCUT2D eigenvalue weighted by Gasteiger charge is 2.34. The number of benzene rings is 2. The zero-order valence-corrected chi connectivity index (χ0v) is 21.8.